The Kier molecular flexibility index (Phi) is 4.04. The fourth-order valence-electron chi connectivity index (χ4n) is 1.88. The number of aryl methyl sites for hydroxylation is 2. The van der Waals surface area contributed by atoms with E-state index in [2.05, 4.69) is 35.8 Å². The van der Waals surface area contributed by atoms with E-state index in [1.54, 1.807) is 0 Å². The smallest absolute Gasteiger partial charge is 0.128 e. The van der Waals surface area contributed by atoms with E-state index in [0.29, 0.717) is 6.54 Å². The van der Waals surface area contributed by atoms with Gasteiger partial charge in [0.05, 0.1) is 0 Å². The van der Waals surface area contributed by atoms with E-state index in [-0.39, 0.29) is 0 Å². The van der Waals surface area contributed by atoms with Gasteiger partial charge in [0.2, 0.25) is 0 Å². The summed E-state index contributed by atoms with van der Waals surface area (Å²) in [6.45, 7) is 4.64. The van der Waals surface area contributed by atoms with Gasteiger partial charge < -0.3 is 10.5 Å². The molecule has 2 aromatic carbocycles. The lowest BCUT2D eigenvalue weighted by Crippen LogP contribution is -1.97. The highest BCUT2D eigenvalue weighted by molar-refractivity contribution is 9.10. The lowest BCUT2D eigenvalue weighted by atomic mass is 10.1. The molecule has 0 amide bonds. The quantitative estimate of drug-likeness (QED) is 0.916. The molecule has 2 rings (SSSR count). The molecule has 0 fully saturated rings. The van der Waals surface area contributed by atoms with E-state index in [9.17, 15) is 0 Å². The summed E-state index contributed by atoms with van der Waals surface area (Å²) in [5.74, 6) is 1.67. The van der Waals surface area contributed by atoms with E-state index >= 15 is 0 Å². The van der Waals surface area contributed by atoms with Gasteiger partial charge in [0.25, 0.3) is 0 Å². The first-order valence-electron chi connectivity index (χ1n) is 5.83. The second-order valence-electron chi connectivity index (χ2n) is 4.38. The van der Waals surface area contributed by atoms with Gasteiger partial charge in [-0.1, -0.05) is 28.1 Å². The summed E-state index contributed by atoms with van der Waals surface area (Å²) in [5.41, 5.74) is 9.09. The fourth-order valence-corrected chi connectivity index (χ4v) is 2.40. The summed E-state index contributed by atoms with van der Waals surface area (Å²) >= 11 is 3.49. The van der Waals surface area contributed by atoms with Crippen LogP contribution in [0.15, 0.2) is 40.9 Å². The minimum atomic E-state index is 0.518. The molecule has 0 aliphatic carbocycles. The van der Waals surface area contributed by atoms with Crippen LogP contribution in [0.2, 0.25) is 0 Å². The molecule has 0 spiro atoms. The summed E-state index contributed by atoms with van der Waals surface area (Å²) in [4.78, 5) is 0. The maximum atomic E-state index is 5.85. The molecule has 2 N–H and O–H groups in total. The molecule has 2 aromatic rings. The second-order valence-corrected chi connectivity index (χ2v) is 5.24. The molecule has 0 aliphatic heterocycles. The normalized spacial score (nSPS) is 10.4. The Morgan fingerprint density at radius 3 is 2.22 bits per heavy atom. The van der Waals surface area contributed by atoms with E-state index in [4.69, 9.17) is 10.5 Å². The SMILES string of the molecule is Cc1cc(C)cc(Oc2ccc(CN)c(Br)c2)c1. The molecule has 0 bridgehead atoms. The molecule has 0 aliphatic rings. The van der Waals surface area contributed by atoms with Gasteiger partial charge >= 0.3 is 0 Å². The van der Waals surface area contributed by atoms with Crippen LogP contribution in [-0.4, -0.2) is 0 Å². The summed E-state index contributed by atoms with van der Waals surface area (Å²) in [6, 6.07) is 12.0. The van der Waals surface area contributed by atoms with E-state index in [1.165, 1.54) is 11.1 Å². The van der Waals surface area contributed by atoms with Crippen molar-refractivity contribution in [2.24, 2.45) is 5.73 Å². The van der Waals surface area contributed by atoms with Crippen LogP contribution in [0.4, 0.5) is 0 Å². The van der Waals surface area contributed by atoms with Gasteiger partial charge in [-0.25, -0.2) is 0 Å². The summed E-state index contributed by atoms with van der Waals surface area (Å²) in [7, 11) is 0. The molecular formula is C15H16BrNO. The topological polar surface area (TPSA) is 35.2 Å². The first-order chi connectivity index (χ1) is 8.58. The maximum absolute atomic E-state index is 5.85. The van der Waals surface area contributed by atoms with Crippen LogP contribution in [0.5, 0.6) is 11.5 Å². The van der Waals surface area contributed by atoms with Crippen molar-refractivity contribution in [3.05, 3.63) is 57.6 Å². The minimum absolute atomic E-state index is 0.518. The molecule has 0 saturated carbocycles. The van der Waals surface area contributed by atoms with Gasteiger partial charge in [-0.2, -0.15) is 0 Å². The van der Waals surface area contributed by atoms with Crippen LogP contribution in [-0.2, 0) is 6.54 Å². The van der Waals surface area contributed by atoms with E-state index in [1.807, 2.05) is 30.3 Å². The van der Waals surface area contributed by atoms with E-state index in [0.717, 1.165) is 21.5 Å². The van der Waals surface area contributed by atoms with Crippen LogP contribution in [0.1, 0.15) is 16.7 Å². The van der Waals surface area contributed by atoms with Crippen molar-refractivity contribution in [2.75, 3.05) is 0 Å². The van der Waals surface area contributed by atoms with Gasteiger partial charge in [-0.15, -0.1) is 0 Å². The van der Waals surface area contributed by atoms with Crippen LogP contribution in [0.25, 0.3) is 0 Å². The third-order valence-electron chi connectivity index (χ3n) is 2.68. The van der Waals surface area contributed by atoms with Crippen molar-refractivity contribution in [1.82, 2.24) is 0 Å². The number of ether oxygens (including phenoxy) is 1. The zero-order valence-electron chi connectivity index (χ0n) is 10.5. The number of hydrogen-bond acceptors (Lipinski definition) is 2. The van der Waals surface area contributed by atoms with Crippen LogP contribution < -0.4 is 10.5 Å². The third-order valence-corrected chi connectivity index (χ3v) is 3.41. The third kappa shape index (κ3) is 3.12. The van der Waals surface area contributed by atoms with Crippen molar-refractivity contribution in [3.8, 4) is 11.5 Å². The van der Waals surface area contributed by atoms with Crippen LogP contribution in [0.3, 0.4) is 0 Å². The molecule has 18 heavy (non-hydrogen) atoms. The Balaban J connectivity index is 2.25. The van der Waals surface area contributed by atoms with Gasteiger partial charge in [0.15, 0.2) is 0 Å². The number of rotatable bonds is 3. The first kappa shape index (κ1) is 13.1. The average molecular weight is 306 g/mol. The predicted molar refractivity (Wildman–Crippen MR) is 78.0 cm³/mol. The molecule has 3 heteroatoms. The highest BCUT2D eigenvalue weighted by Gasteiger charge is 2.03. The van der Waals surface area contributed by atoms with Crippen molar-refractivity contribution < 1.29 is 4.74 Å². The highest BCUT2D eigenvalue weighted by atomic mass is 79.9. The number of hydrogen-bond donors (Lipinski definition) is 1. The van der Waals surface area contributed by atoms with Gasteiger partial charge in [0.1, 0.15) is 11.5 Å². The molecule has 0 radical (unpaired) electrons. The average Bonchev–Trinajstić information content (AvgIpc) is 2.27. The van der Waals surface area contributed by atoms with E-state index < -0.39 is 0 Å². The fraction of sp³-hybridized carbons (Fsp3) is 0.200. The summed E-state index contributed by atoms with van der Waals surface area (Å²) < 4.78 is 6.83. The standard InChI is InChI=1S/C15H16BrNO/c1-10-5-11(2)7-14(6-10)18-13-4-3-12(9-17)15(16)8-13/h3-8H,9,17H2,1-2H3. The lowest BCUT2D eigenvalue weighted by molar-refractivity contribution is 0.481. The maximum Gasteiger partial charge on any atom is 0.128 e. The zero-order valence-corrected chi connectivity index (χ0v) is 12.1. The Morgan fingerprint density at radius 1 is 1.00 bits per heavy atom. The van der Waals surface area contributed by atoms with Crippen molar-refractivity contribution in [2.45, 2.75) is 20.4 Å². The summed E-state index contributed by atoms with van der Waals surface area (Å²) in [6.07, 6.45) is 0. The first-order valence-corrected chi connectivity index (χ1v) is 6.62. The number of nitrogens with two attached hydrogens (primary N) is 1. The molecular weight excluding hydrogens is 290 g/mol. The Labute approximate surface area is 116 Å². The Morgan fingerprint density at radius 2 is 1.67 bits per heavy atom. The molecule has 0 unspecified atom stereocenters. The van der Waals surface area contributed by atoms with Gasteiger partial charge in [-0.05, 0) is 54.8 Å². The van der Waals surface area contributed by atoms with Crippen molar-refractivity contribution >= 4 is 15.9 Å². The van der Waals surface area contributed by atoms with Gasteiger partial charge in [0, 0.05) is 11.0 Å². The zero-order chi connectivity index (χ0) is 13.1. The molecule has 0 saturated heterocycles. The molecule has 0 heterocycles. The molecule has 2 nitrogen and oxygen atoms in total. The van der Waals surface area contributed by atoms with Crippen LogP contribution in [0, 0.1) is 13.8 Å². The minimum Gasteiger partial charge on any atom is -0.457 e. The van der Waals surface area contributed by atoms with Crippen LogP contribution >= 0.6 is 15.9 Å². The van der Waals surface area contributed by atoms with Crippen molar-refractivity contribution in [3.63, 3.8) is 0 Å². The van der Waals surface area contributed by atoms with Crippen molar-refractivity contribution in [1.29, 1.82) is 0 Å². The highest BCUT2D eigenvalue weighted by Crippen LogP contribution is 2.28. The number of halogens is 1. The monoisotopic (exact) mass is 305 g/mol. The summed E-state index contributed by atoms with van der Waals surface area (Å²) in [5, 5.41) is 0. The largest absolute Gasteiger partial charge is 0.457 e. The molecule has 0 aromatic heterocycles. The Bertz CT molecular complexity index is 546. The molecule has 94 valence electrons. The molecule has 0 atom stereocenters. The predicted octanol–water partition coefficient (Wildman–Crippen LogP) is 4.32. The second kappa shape index (κ2) is 5.55. The Hall–Kier alpha value is -1.32. The lowest BCUT2D eigenvalue weighted by Gasteiger charge is -2.09. The number of benzene rings is 2. The van der Waals surface area contributed by atoms with Gasteiger partial charge in [-0.3, -0.25) is 0 Å².